The fourth-order valence-corrected chi connectivity index (χ4v) is 1.72. The van der Waals surface area contributed by atoms with Crippen molar-refractivity contribution >= 4 is 18.3 Å². The van der Waals surface area contributed by atoms with Gasteiger partial charge in [0.15, 0.2) is 0 Å². The predicted octanol–water partition coefficient (Wildman–Crippen LogP) is 1.80. The predicted molar refractivity (Wildman–Crippen MR) is 85.9 cm³/mol. The summed E-state index contributed by atoms with van der Waals surface area (Å²) in [5, 5.41) is 2.80. The fourth-order valence-electron chi connectivity index (χ4n) is 1.72. The molecule has 21 heavy (non-hydrogen) atoms. The second-order valence-corrected chi connectivity index (χ2v) is 4.74. The maximum absolute atomic E-state index is 11.7. The molecule has 0 saturated carbocycles. The van der Waals surface area contributed by atoms with Crippen LogP contribution in [0.15, 0.2) is 18.2 Å². The number of rotatable bonds is 8. The first-order valence-corrected chi connectivity index (χ1v) is 6.83. The Morgan fingerprint density at radius 1 is 1.43 bits per heavy atom. The monoisotopic (exact) mass is 316 g/mol. The summed E-state index contributed by atoms with van der Waals surface area (Å²) in [6, 6.07) is 5.29. The minimum absolute atomic E-state index is 0. The van der Waals surface area contributed by atoms with Gasteiger partial charge >= 0.3 is 0 Å². The van der Waals surface area contributed by atoms with Gasteiger partial charge in [-0.2, -0.15) is 0 Å². The maximum Gasteiger partial charge on any atom is 0.239 e. The standard InChI is InChI=1S/C15H24N2O3.ClH/c1-4-7-20-14-8-11(2)5-6-12(14)9-17-15(18)13(16)10-19-3;/h5-6,8,13H,4,7,9-10,16H2,1-3H3,(H,17,18);1H. The van der Waals surface area contributed by atoms with E-state index in [2.05, 4.69) is 12.2 Å². The van der Waals surface area contributed by atoms with E-state index in [0.29, 0.717) is 13.2 Å². The van der Waals surface area contributed by atoms with Crippen molar-refractivity contribution in [3.8, 4) is 5.75 Å². The molecule has 1 aromatic carbocycles. The van der Waals surface area contributed by atoms with Gasteiger partial charge in [-0.3, -0.25) is 4.79 Å². The molecule has 3 N–H and O–H groups in total. The molecule has 1 unspecified atom stereocenters. The molecule has 6 heteroatoms. The zero-order valence-electron chi connectivity index (χ0n) is 12.8. The van der Waals surface area contributed by atoms with Crippen LogP contribution in [0.1, 0.15) is 24.5 Å². The average molecular weight is 317 g/mol. The normalized spacial score (nSPS) is 11.4. The molecule has 0 aliphatic carbocycles. The highest BCUT2D eigenvalue weighted by atomic mass is 35.5. The second-order valence-electron chi connectivity index (χ2n) is 4.74. The number of carbonyl (C=O) groups excluding carboxylic acids is 1. The van der Waals surface area contributed by atoms with E-state index >= 15 is 0 Å². The third kappa shape index (κ3) is 6.80. The number of ether oxygens (including phenoxy) is 2. The third-order valence-corrected chi connectivity index (χ3v) is 2.82. The molecule has 0 saturated heterocycles. The summed E-state index contributed by atoms with van der Waals surface area (Å²) in [6.07, 6.45) is 0.943. The van der Waals surface area contributed by atoms with Crippen molar-refractivity contribution in [2.75, 3.05) is 20.3 Å². The van der Waals surface area contributed by atoms with E-state index in [1.54, 1.807) is 0 Å². The number of carbonyl (C=O) groups is 1. The maximum atomic E-state index is 11.7. The molecule has 0 fully saturated rings. The summed E-state index contributed by atoms with van der Waals surface area (Å²) in [5.41, 5.74) is 7.74. The van der Waals surface area contributed by atoms with Crippen LogP contribution >= 0.6 is 12.4 Å². The highest BCUT2D eigenvalue weighted by Crippen LogP contribution is 2.20. The van der Waals surface area contributed by atoms with Crippen LogP contribution in [0.5, 0.6) is 5.75 Å². The first-order valence-electron chi connectivity index (χ1n) is 6.83. The largest absolute Gasteiger partial charge is 0.493 e. The minimum atomic E-state index is -0.648. The molecule has 1 atom stereocenters. The average Bonchev–Trinajstić information content (AvgIpc) is 2.43. The lowest BCUT2D eigenvalue weighted by molar-refractivity contribution is -0.123. The number of hydrogen-bond donors (Lipinski definition) is 2. The first-order chi connectivity index (χ1) is 9.58. The minimum Gasteiger partial charge on any atom is -0.493 e. The zero-order valence-corrected chi connectivity index (χ0v) is 13.7. The van der Waals surface area contributed by atoms with Crippen molar-refractivity contribution in [3.05, 3.63) is 29.3 Å². The Labute approximate surface area is 132 Å². The summed E-state index contributed by atoms with van der Waals surface area (Å²) in [5.74, 6) is 0.585. The lowest BCUT2D eigenvalue weighted by Gasteiger charge is -2.14. The number of methoxy groups -OCH3 is 1. The molecule has 0 heterocycles. The summed E-state index contributed by atoms with van der Waals surface area (Å²) in [6.45, 7) is 5.33. The molecule has 5 nitrogen and oxygen atoms in total. The molecule has 1 amide bonds. The Morgan fingerprint density at radius 2 is 2.14 bits per heavy atom. The van der Waals surface area contributed by atoms with Crippen molar-refractivity contribution in [2.24, 2.45) is 5.73 Å². The number of benzene rings is 1. The van der Waals surface area contributed by atoms with E-state index in [-0.39, 0.29) is 24.9 Å². The van der Waals surface area contributed by atoms with E-state index in [9.17, 15) is 4.79 Å². The van der Waals surface area contributed by atoms with Gasteiger partial charge in [-0.05, 0) is 25.0 Å². The molecule has 0 aliphatic heterocycles. The van der Waals surface area contributed by atoms with Crippen LogP contribution in [-0.4, -0.2) is 32.3 Å². The van der Waals surface area contributed by atoms with Crippen LogP contribution in [0.4, 0.5) is 0 Å². The SMILES string of the molecule is CCCOc1cc(C)ccc1CNC(=O)C(N)COC.Cl. The summed E-state index contributed by atoms with van der Waals surface area (Å²) < 4.78 is 10.6. The Morgan fingerprint density at radius 3 is 2.76 bits per heavy atom. The highest BCUT2D eigenvalue weighted by Gasteiger charge is 2.13. The molecule has 0 aromatic heterocycles. The van der Waals surface area contributed by atoms with Gasteiger partial charge in [0, 0.05) is 19.2 Å². The fraction of sp³-hybridized carbons (Fsp3) is 0.533. The van der Waals surface area contributed by atoms with Gasteiger partial charge in [-0.15, -0.1) is 12.4 Å². The van der Waals surface area contributed by atoms with Crippen LogP contribution in [0.25, 0.3) is 0 Å². The quantitative estimate of drug-likeness (QED) is 0.767. The lowest BCUT2D eigenvalue weighted by atomic mass is 10.1. The smallest absolute Gasteiger partial charge is 0.239 e. The van der Waals surface area contributed by atoms with Crippen molar-refractivity contribution in [1.82, 2.24) is 5.32 Å². The van der Waals surface area contributed by atoms with Crippen LogP contribution < -0.4 is 15.8 Å². The van der Waals surface area contributed by atoms with E-state index < -0.39 is 6.04 Å². The Hall–Kier alpha value is -1.30. The molecule has 120 valence electrons. The van der Waals surface area contributed by atoms with E-state index in [1.165, 1.54) is 7.11 Å². The number of amides is 1. The van der Waals surface area contributed by atoms with Gasteiger partial charge in [0.25, 0.3) is 0 Å². The van der Waals surface area contributed by atoms with E-state index in [4.69, 9.17) is 15.2 Å². The molecule has 0 bridgehead atoms. The molecule has 0 radical (unpaired) electrons. The second kappa shape index (κ2) is 10.4. The molecular weight excluding hydrogens is 292 g/mol. The lowest BCUT2D eigenvalue weighted by Crippen LogP contribution is -2.43. The van der Waals surface area contributed by atoms with Gasteiger partial charge in [0.2, 0.25) is 5.91 Å². The Balaban J connectivity index is 0.00000400. The van der Waals surface area contributed by atoms with Crippen molar-refractivity contribution in [3.63, 3.8) is 0 Å². The van der Waals surface area contributed by atoms with Gasteiger partial charge in [-0.25, -0.2) is 0 Å². The van der Waals surface area contributed by atoms with E-state index in [0.717, 1.165) is 23.3 Å². The number of nitrogens with one attached hydrogen (secondary N) is 1. The van der Waals surface area contributed by atoms with Gasteiger partial charge < -0.3 is 20.5 Å². The Bertz CT molecular complexity index is 441. The first kappa shape index (κ1) is 19.7. The van der Waals surface area contributed by atoms with E-state index in [1.807, 2.05) is 25.1 Å². The highest BCUT2D eigenvalue weighted by molar-refractivity contribution is 5.85. The van der Waals surface area contributed by atoms with Crippen molar-refractivity contribution in [1.29, 1.82) is 0 Å². The number of halogens is 1. The van der Waals surface area contributed by atoms with Crippen LogP contribution in [0.3, 0.4) is 0 Å². The molecular formula is C15H25ClN2O3. The van der Waals surface area contributed by atoms with Crippen molar-refractivity contribution < 1.29 is 14.3 Å². The summed E-state index contributed by atoms with van der Waals surface area (Å²) in [7, 11) is 1.52. The molecule has 0 spiro atoms. The molecule has 0 aliphatic rings. The topological polar surface area (TPSA) is 73.6 Å². The number of hydrogen-bond acceptors (Lipinski definition) is 4. The molecule has 1 rings (SSSR count). The Kier molecular flexibility index (Phi) is 9.78. The van der Waals surface area contributed by atoms with Crippen LogP contribution in [0.2, 0.25) is 0 Å². The third-order valence-electron chi connectivity index (χ3n) is 2.82. The van der Waals surface area contributed by atoms with Crippen LogP contribution in [-0.2, 0) is 16.1 Å². The van der Waals surface area contributed by atoms with Crippen LogP contribution in [0, 0.1) is 6.92 Å². The molecule has 1 aromatic rings. The van der Waals surface area contributed by atoms with Gasteiger partial charge in [0.1, 0.15) is 11.8 Å². The zero-order chi connectivity index (χ0) is 15.0. The number of nitrogens with two attached hydrogens (primary N) is 1. The van der Waals surface area contributed by atoms with Crippen molar-refractivity contribution in [2.45, 2.75) is 32.9 Å². The van der Waals surface area contributed by atoms with Gasteiger partial charge in [0.05, 0.1) is 13.2 Å². The number of aryl methyl sites for hydroxylation is 1. The van der Waals surface area contributed by atoms with Gasteiger partial charge in [-0.1, -0.05) is 19.1 Å². The summed E-state index contributed by atoms with van der Waals surface area (Å²) in [4.78, 5) is 11.7. The summed E-state index contributed by atoms with van der Waals surface area (Å²) >= 11 is 0.